The minimum absolute atomic E-state index is 0.187. The molecule has 0 fully saturated rings. The first-order valence-electron chi connectivity index (χ1n) is 10.0. The van der Waals surface area contributed by atoms with Gasteiger partial charge >= 0.3 is 5.97 Å². The number of hydrogen-bond acceptors (Lipinski definition) is 6. The Balaban J connectivity index is 1.94. The van der Waals surface area contributed by atoms with Gasteiger partial charge in [0.2, 0.25) is 0 Å². The van der Waals surface area contributed by atoms with Crippen LogP contribution >= 0.6 is 11.3 Å². The van der Waals surface area contributed by atoms with Crippen LogP contribution in [-0.4, -0.2) is 24.3 Å². The molecule has 1 aromatic heterocycles. The number of rotatable bonds is 5. The first kappa shape index (κ1) is 21.7. The fourth-order valence-electron chi connectivity index (χ4n) is 3.63. The Bertz CT molecular complexity index is 1390. The van der Waals surface area contributed by atoms with E-state index in [0.717, 1.165) is 5.56 Å². The summed E-state index contributed by atoms with van der Waals surface area (Å²) in [6.07, 6.45) is 1.76. The smallest absolute Gasteiger partial charge is 0.338 e. The Morgan fingerprint density at radius 2 is 2.00 bits per heavy atom. The second kappa shape index (κ2) is 8.92. The third-order valence-corrected chi connectivity index (χ3v) is 6.08. The standard InChI is InChI=1S/C24H21FN2O4S/c1-4-31-23(29)20-14(2)26-24-27(21(20)16-8-10-17(25)11-9-16)22(28)19(32-24)13-15-6-5-7-18(12-15)30-3/h5-13,21H,4H2,1-3H3/b19-13+. The molecule has 3 aromatic rings. The topological polar surface area (TPSA) is 69.9 Å². The molecule has 0 N–H and O–H groups in total. The Morgan fingerprint density at radius 3 is 2.69 bits per heavy atom. The number of thiazole rings is 1. The molecule has 0 saturated carbocycles. The predicted octanol–water partition coefficient (Wildman–Crippen LogP) is 2.95. The van der Waals surface area contributed by atoms with Crippen molar-refractivity contribution in [2.45, 2.75) is 19.9 Å². The van der Waals surface area contributed by atoms with E-state index in [0.29, 0.717) is 26.3 Å². The number of nitrogens with zero attached hydrogens (tertiary/aromatic N) is 2. The van der Waals surface area contributed by atoms with Crippen molar-refractivity contribution in [3.63, 3.8) is 0 Å². The number of esters is 1. The zero-order valence-corrected chi connectivity index (χ0v) is 18.6. The summed E-state index contributed by atoms with van der Waals surface area (Å²) in [6.45, 7) is 3.61. The van der Waals surface area contributed by atoms with E-state index in [4.69, 9.17) is 9.47 Å². The number of carbonyl (C=O) groups excluding carboxylic acids is 1. The lowest BCUT2D eigenvalue weighted by molar-refractivity contribution is -0.139. The molecule has 32 heavy (non-hydrogen) atoms. The number of ether oxygens (including phenoxy) is 2. The van der Waals surface area contributed by atoms with E-state index < -0.39 is 17.8 Å². The average molecular weight is 453 g/mol. The number of fused-ring (bicyclic) bond motifs is 1. The number of methoxy groups -OCH3 is 1. The van der Waals surface area contributed by atoms with Gasteiger partial charge in [0, 0.05) is 0 Å². The molecule has 8 heteroatoms. The van der Waals surface area contributed by atoms with Gasteiger partial charge in [0.15, 0.2) is 4.80 Å². The zero-order chi connectivity index (χ0) is 22.8. The number of aromatic nitrogens is 1. The summed E-state index contributed by atoms with van der Waals surface area (Å²) >= 11 is 1.23. The molecule has 1 atom stereocenters. The van der Waals surface area contributed by atoms with E-state index >= 15 is 0 Å². The monoisotopic (exact) mass is 452 g/mol. The fraction of sp³-hybridized carbons (Fsp3) is 0.208. The van der Waals surface area contributed by atoms with Crippen molar-refractivity contribution >= 4 is 23.4 Å². The molecule has 2 aromatic carbocycles. The summed E-state index contributed by atoms with van der Waals surface area (Å²) in [5.74, 6) is -0.279. The van der Waals surface area contributed by atoms with E-state index in [9.17, 15) is 14.0 Å². The van der Waals surface area contributed by atoms with E-state index in [2.05, 4.69) is 4.99 Å². The highest BCUT2D eigenvalue weighted by molar-refractivity contribution is 7.07. The number of carbonyl (C=O) groups is 1. The average Bonchev–Trinajstić information content (AvgIpc) is 3.08. The summed E-state index contributed by atoms with van der Waals surface area (Å²) < 4.78 is 26.0. The first-order valence-corrected chi connectivity index (χ1v) is 10.8. The molecular weight excluding hydrogens is 431 g/mol. The van der Waals surface area contributed by atoms with Crippen LogP contribution in [0.15, 0.2) is 69.6 Å². The molecule has 0 amide bonds. The maximum atomic E-state index is 13.6. The summed E-state index contributed by atoms with van der Waals surface area (Å²) in [7, 11) is 1.58. The Morgan fingerprint density at radius 1 is 1.25 bits per heavy atom. The maximum Gasteiger partial charge on any atom is 0.338 e. The van der Waals surface area contributed by atoms with Gasteiger partial charge in [-0.05, 0) is 55.3 Å². The lowest BCUT2D eigenvalue weighted by Gasteiger charge is -2.24. The molecule has 0 bridgehead atoms. The molecule has 4 rings (SSSR count). The third kappa shape index (κ3) is 4.01. The van der Waals surface area contributed by atoms with Crippen LogP contribution in [0.5, 0.6) is 5.75 Å². The van der Waals surface area contributed by atoms with Gasteiger partial charge in [-0.3, -0.25) is 9.36 Å². The van der Waals surface area contributed by atoms with Crippen molar-refractivity contribution in [3.8, 4) is 5.75 Å². The van der Waals surface area contributed by atoms with Crippen LogP contribution in [-0.2, 0) is 9.53 Å². The number of benzene rings is 2. The molecular formula is C24H21FN2O4S. The molecule has 0 spiro atoms. The molecule has 1 aliphatic rings. The number of allylic oxidation sites excluding steroid dienone is 1. The Labute approximate surface area is 187 Å². The minimum Gasteiger partial charge on any atom is -0.497 e. The fourth-order valence-corrected chi connectivity index (χ4v) is 4.68. The summed E-state index contributed by atoms with van der Waals surface area (Å²) in [4.78, 5) is 31.2. The molecule has 0 radical (unpaired) electrons. The highest BCUT2D eigenvalue weighted by Gasteiger charge is 2.33. The second-order valence-corrected chi connectivity index (χ2v) is 8.14. The van der Waals surface area contributed by atoms with Crippen molar-refractivity contribution in [1.82, 2.24) is 4.57 Å². The van der Waals surface area contributed by atoms with E-state index in [-0.39, 0.29) is 17.7 Å². The zero-order valence-electron chi connectivity index (χ0n) is 17.8. The molecule has 164 valence electrons. The molecule has 6 nitrogen and oxygen atoms in total. The van der Waals surface area contributed by atoms with Crippen molar-refractivity contribution in [2.75, 3.05) is 13.7 Å². The van der Waals surface area contributed by atoms with Gasteiger partial charge in [0.25, 0.3) is 5.56 Å². The van der Waals surface area contributed by atoms with Crippen LogP contribution < -0.4 is 19.6 Å². The van der Waals surface area contributed by atoms with Crippen molar-refractivity contribution in [1.29, 1.82) is 0 Å². The first-order chi connectivity index (χ1) is 15.4. The van der Waals surface area contributed by atoms with Crippen molar-refractivity contribution in [2.24, 2.45) is 4.99 Å². The van der Waals surface area contributed by atoms with Crippen LogP contribution in [0.2, 0.25) is 0 Å². The van der Waals surface area contributed by atoms with Crippen molar-refractivity contribution in [3.05, 3.63) is 96.4 Å². The third-order valence-electron chi connectivity index (χ3n) is 5.09. The van der Waals surface area contributed by atoms with Crippen LogP contribution in [0.4, 0.5) is 4.39 Å². The van der Waals surface area contributed by atoms with E-state index in [1.807, 2.05) is 24.3 Å². The SMILES string of the molecule is CCOC(=O)C1=C(C)N=c2s/c(=C/c3cccc(OC)c3)c(=O)n2C1c1ccc(F)cc1. The molecule has 2 heterocycles. The van der Waals surface area contributed by atoms with Gasteiger partial charge in [0.05, 0.1) is 35.6 Å². The van der Waals surface area contributed by atoms with Crippen LogP contribution in [0.3, 0.4) is 0 Å². The summed E-state index contributed by atoms with van der Waals surface area (Å²) in [5, 5.41) is 0. The highest BCUT2D eigenvalue weighted by atomic mass is 32.1. The van der Waals surface area contributed by atoms with Crippen molar-refractivity contribution < 1.29 is 18.7 Å². The molecule has 0 saturated heterocycles. The van der Waals surface area contributed by atoms with Crippen LogP contribution in [0.1, 0.15) is 31.0 Å². The number of halogens is 1. The lowest BCUT2D eigenvalue weighted by atomic mass is 9.96. The quantitative estimate of drug-likeness (QED) is 0.558. The van der Waals surface area contributed by atoms with E-state index in [1.165, 1.54) is 28.0 Å². The second-order valence-electron chi connectivity index (χ2n) is 7.13. The Hall–Kier alpha value is -3.52. The highest BCUT2D eigenvalue weighted by Crippen LogP contribution is 2.30. The largest absolute Gasteiger partial charge is 0.497 e. The van der Waals surface area contributed by atoms with E-state index in [1.54, 1.807) is 39.2 Å². The molecule has 0 aliphatic carbocycles. The summed E-state index contributed by atoms with van der Waals surface area (Å²) in [5.41, 5.74) is 1.83. The van der Waals surface area contributed by atoms with Gasteiger partial charge in [-0.2, -0.15) is 0 Å². The van der Waals surface area contributed by atoms with Gasteiger partial charge < -0.3 is 9.47 Å². The maximum absolute atomic E-state index is 13.6. The predicted molar refractivity (Wildman–Crippen MR) is 120 cm³/mol. The minimum atomic E-state index is -0.765. The summed E-state index contributed by atoms with van der Waals surface area (Å²) in [6, 6.07) is 12.3. The van der Waals surface area contributed by atoms with Crippen LogP contribution in [0.25, 0.3) is 6.08 Å². The number of hydrogen-bond donors (Lipinski definition) is 0. The van der Waals surface area contributed by atoms with Gasteiger partial charge in [0.1, 0.15) is 11.6 Å². The molecule has 1 aliphatic heterocycles. The van der Waals surface area contributed by atoms with Gasteiger partial charge in [-0.1, -0.05) is 35.6 Å². The molecule has 1 unspecified atom stereocenters. The van der Waals surface area contributed by atoms with Crippen LogP contribution in [0, 0.1) is 5.82 Å². The normalized spacial score (nSPS) is 15.9. The van der Waals surface area contributed by atoms with Gasteiger partial charge in [-0.25, -0.2) is 14.2 Å². The Kier molecular flexibility index (Phi) is 6.05. The van der Waals surface area contributed by atoms with Gasteiger partial charge in [-0.15, -0.1) is 0 Å². The lowest BCUT2D eigenvalue weighted by Crippen LogP contribution is -2.39.